The van der Waals surface area contributed by atoms with Crippen LogP contribution in [0, 0.1) is 5.82 Å². The highest BCUT2D eigenvalue weighted by Crippen LogP contribution is 2.25. The van der Waals surface area contributed by atoms with Gasteiger partial charge in [0.15, 0.2) is 5.82 Å². The number of halogens is 1. The number of benzene rings is 2. The maximum absolute atomic E-state index is 13.9. The number of rotatable bonds is 5. The molecular formula is C25H24FN5O2. The largest absolute Gasteiger partial charge is 0.497 e. The Labute approximate surface area is 191 Å². The molecule has 0 atom stereocenters. The Balaban J connectivity index is 1.40. The second kappa shape index (κ2) is 8.82. The minimum absolute atomic E-state index is 0.0911. The van der Waals surface area contributed by atoms with Crippen molar-refractivity contribution in [3.05, 3.63) is 90.6 Å². The van der Waals surface area contributed by atoms with Crippen molar-refractivity contribution in [2.75, 3.05) is 38.2 Å². The Morgan fingerprint density at radius 1 is 0.939 bits per heavy atom. The van der Waals surface area contributed by atoms with E-state index in [4.69, 9.17) is 4.74 Å². The van der Waals surface area contributed by atoms with Crippen molar-refractivity contribution in [3.8, 4) is 17.3 Å². The van der Waals surface area contributed by atoms with E-state index in [2.05, 4.69) is 10.00 Å². The SMILES string of the molecule is COc1cccc(N2CCN(C(=O)c3cnn(-c4cccc(F)c4)c3-n3cccc3)CC2)c1. The standard InChI is InChI=1S/C25H24FN5O2/c1-33-22-9-5-7-20(17-22)28-12-14-30(15-13-28)25(32)23-18-27-31(21-8-4-6-19(26)16-21)24(23)29-10-2-3-11-29/h2-11,16-18H,12-15H2,1H3. The Hall–Kier alpha value is -4.07. The first-order chi connectivity index (χ1) is 16.1. The molecule has 1 aliphatic heterocycles. The summed E-state index contributed by atoms with van der Waals surface area (Å²) in [4.78, 5) is 17.6. The van der Waals surface area contributed by atoms with Gasteiger partial charge in [-0.3, -0.25) is 4.79 Å². The summed E-state index contributed by atoms with van der Waals surface area (Å²) in [6.45, 7) is 2.62. The highest BCUT2D eigenvalue weighted by atomic mass is 19.1. The molecule has 5 rings (SSSR count). The Bertz CT molecular complexity index is 1260. The topological polar surface area (TPSA) is 55.5 Å². The highest BCUT2D eigenvalue weighted by molar-refractivity contribution is 5.97. The van der Waals surface area contributed by atoms with Gasteiger partial charge in [0.05, 0.1) is 19.0 Å². The predicted octanol–water partition coefficient (Wildman–Crippen LogP) is 3.77. The fourth-order valence-corrected chi connectivity index (χ4v) is 4.16. The summed E-state index contributed by atoms with van der Waals surface area (Å²) in [5, 5.41) is 4.44. The smallest absolute Gasteiger partial charge is 0.259 e. The number of methoxy groups -OCH3 is 1. The lowest BCUT2D eigenvalue weighted by Crippen LogP contribution is -2.48. The molecule has 7 nitrogen and oxygen atoms in total. The van der Waals surface area contributed by atoms with Crippen molar-refractivity contribution in [1.29, 1.82) is 0 Å². The van der Waals surface area contributed by atoms with Gasteiger partial charge in [-0.15, -0.1) is 0 Å². The van der Waals surface area contributed by atoms with Crippen LogP contribution in [-0.4, -0.2) is 58.4 Å². The molecule has 0 saturated carbocycles. The molecule has 3 heterocycles. The van der Waals surface area contributed by atoms with Crippen LogP contribution in [0.5, 0.6) is 5.75 Å². The maximum atomic E-state index is 13.9. The maximum Gasteiger partial charge on any atom is 0.259 e. The van der Waals surface area contributed by atoms with Crippen molar-refractivity contribution >= 4 is 11.6 Å². The summed E-state index contributed by atoms with van der Waals surface area (Å²) in [5.41, 5.74) is 2.11. The van der Waals surface area contributed by atoms with E-state index in [9.17, 15) is 9.18 Å². The molecule has 2 aromatic heterocycles. The van der Waals surface area contributed by atoms with E-state index < -0.39 is 0 Å². The zero-order valence-electron chi connectivity index (χ0n) is 18.3. The summed E-state index contributed by atoms with van der Waals surface area (Å²) < 4.78 is 22.6. The molecule has 0 N–H and O–H groups in total. The van der Waals surface area contributed by atoms with Gasteiger partial charge in [-0.2, -0.15) is 5.10 Å². The average Bonchev–Trinajstić information content (AvgIpc) is 3.54. The lowest BCUT2D eigenvalue weighted by atomic mass is 10.2. The number of carbonyl (C=O) groups excluding carboxylic acids is 1. The van der Waals surface area contributed by atoms with Gasteiger partial charge in [0, 0.05) is 50.3 Å². The number of anilines is 1. The fraction of sp³-hybridized carbons (Fsp3) is 0.200. The number of hydrogen-bond acceptors (Lipinski definition) is 4. The highest BCUT2D eigenvalue weighted by Gasteiger charge is 2.27. The number of piperazine rings is 1. The van der Waals surface area contributed by atoms with Crippen molar-refractivity contribution in [1.82, 2.24) is 19.2 Å². The van der Waals surface area contributed by atoms with Crippen LogP contribution >= 0.6 is 0 Å². The molecular weight excluding hydrogens is 421 g/mol. The van der Waals surface area contributed by atoms with Crippen LogP contribution in [0.25, 0.3) is 11.5 Å². The Kier molecular flexibility index (Phi) is 5.56. The molecule has 1 fully saturated rings. The molecule has 8 heteroatoms. The van der Waals surface area contributed by atoms with Gasteiger partial charge in [-0.1, -0.05) is 12.1 Å². The van der Waals surface area contributed by atoms with E-state index in [-0.39, 0.29) is 11.7 Å². The van der Waals surface area contributed by atoms with Crippen LogP contribution < -0.4 is 9.64 Å². The third-order valence-electron chi connectivity index (χ3n) is 5.86. The van der Waals surface area contributed by atoms with Gasteiger partial charge < -0.3 is 19.1 Å². The van der Waals surface area contributed by atoms with Gasteiger partial charge >= 0.3 is 0 Å². The van der Waals surface area contributed by atoms with Gasteiger partial charge in [0.1, 0.15) is 17.1 Å². The Morgan fingerprint density at radius 2 is 1.67 bits per heavy atom. The zero-order valence-corrected chi connectivity index (χ0v) is 18.3. The number of amides is 1. The third kappa shape index (κ3) is 4.07. The monoisotopic (exact) mass is 445 g/mol. The summed E-state index contributed by atoms with van der Waals surface area (Å²) in [7, 11) is 1.65. The first-order valence-corrected chi connectivity index (χ1v) is 10.8. The van der Waals surface area contributed by atoms with Crippen LogP contribution in [0.3, 0.4) is 0 Å². The van der Waals surface area contributed by atoms with Crippen molar-refractivity contribution in [3.63, 3.8) is 0 Å². The molecule has 1 aliphatic rings. The average molecular weight is 445 g/mol. The number of nitrogens with zero attached hydrogens (tertiary/aromatic N) is 5. The van der Waals surface area contributed by atoms with E-state index in [0.717, 1.165) is 24.5 Å². The molecule has 1 saturated heterocycles. The minimum Gasteiger partial charge on any atom is -0.497 e. The van der Waals surface area contributed by atoms with Crippen LogP contribution in [0.1, 0.15) is 10.4 Å². The molecule has 0 unspecified atom stereocenters. The number of carbonyl (C=O) groups is 1. The molecule has 2 aromatic carbocycles. The molecule has 33 heavy (non-hydrogen) atoms. The minimum atomic E-state index is -0.358. The second-order valence-electron chi connectivity index (χ2n) is 7.84. The van der Waals surface area contributed by atoms with Crippen molar-refractivity contribution in [2.45, 2.75) is 0 Å². The summed E-state index contributed by atoms with van der Waals surface area (Å²) in [6, 6.07) is 17.9. The molecule has 0 aliphatic carbocycles. The van der Waals surface area contributed by atoms with Crippen LogP contribution in [-0.2, 0) is 0 Å². The van der Waals surface area contributed by atoms with E-state index in [1.54, 1.807) is 30.1 Å². The molecule has 0 spiro atoms. The molecule has 4 aromatic rings. The van der Waals surface area contributed by atoms with E-state index in [1.165, 1.54) is 12.1 Å². The van der Waals surface area contributed by atoms with E-state index >= 15 is 0 Å². The van der Waals surface area contributed by atoms with E-state index in [0.29, 0.717) is 30.2 Å². The van der Waals surface area contributed by atoms with Gasteiger partial charge in [0.25, 0.3) is 5.91 Å². The Morgan fingerprint density at radius 3 is 2.39 bits per heavy atom. The predicted molar refractivity (Wildman–Crippen MR) is 124 cm³/mol. The quantitative estimate of drug-likeness (QED) is 0.469. The summed E-state index contributed by atoms with van der Waals surface area (Å²) in [5.74, 6) is 0.951. The van der Waals surface area contributed by atoms with Crippen LogP contribution in [0.15, 0.2) is 79.3 Å². The number of ether oxygens (including phenoxy) is 1. The van der Waals surface area contributed by atoms with Crippen LogP contribution in [0.2, 0.25) is 0 Å². The zero-order chi connectivity index (χ0) is 22.8. The lowest BCUT2D eigenvalue weighted by Gasteiger charge is -2.36. The summed E-state index contributed by atoms with van der Waals surface area (Å²) in [6.07, 6.45) is 5.27. The lowest BCUT2D eigenvalue weighted by molar-refractivity contribution is 0.0746. The first-order valence-electron chi connectivity index (χ1n) is 10.8. The van der Waals surface area contributed by atoms with Crippen molar-refractivity contribution < 1.29 is 13.9 Å². The van der Waals surface area contributed by atoms with Crippen molar-refractivity contribution in [2.24, 2.45) is 0 Å². The molecule has 168 valence electrons. The molecule has 0 bridgehead atoms. The van der Waals surface area contributed by atoms with Gasteiger partial charge in [-0.25, -0.2) is 9.07 Å². The molecule has 1 amide bonds. The van der Waals surface area contributed by atoms with Gasteiger partial charge in [0.2, 0.25) is 0 Å². The molecule has 0 radical (unpaired) electrons. The second-order valence-corrected chi connectivity index (χ2v) is 7.84. The van der Waals surface area contributed by atoms with Crippen LogP contribution in [0.4, 0.5) is 10.1 Å². The third-order valence-corrected chi connectivity index (χ3v) is 5.86. The number of hydrogen-bond donors (Lipinski definition) is 0. The summed E-state index contributed by atoms with van der Waals surface area (Å²) >= 11 is 0. The first kappa shape index (κ1) is 20.8. The normalized spacial score (nSPS) is 13.9. The fourth-order valence-electron chi connectivity index (χ4n) is 4.16. The van der Waals surface area contributed by atoms with E-state index in [1.807, 2.05) is 58.3 Å². The number of aromatic nitrogens is 3. The van der Waals surface area contributed by atoms with Gasteiger partial charge in [-0.05, 0) is 42.5 Å².